The normalized spacial score (nSPS) is 11.0. The summed E-state index contributed by atoms with van der Waals surface area (Å²) in [4.78, 5) is 11.3. The molecule has 2 rings (SSSR count). The van der Waals surface area contributed by atoms with E-state index in [1.807, 2.05) is 13.1 Å². The SMILES string of the molecule is CCNC(=NCc1cnc(C)s1)NCc1cccs1.I. The standard InChI is InChI=1S/C13H18N4S2.HI/c1-3-14-13(16-7-11-5-4-6-18-11)17-9-12-8-15-10(2)19-12;/h4-6,8H,3,7,9H2,1-2H3,(H2,14,16,17);1H. The minimum atomic E-state index is 0. The number of aliphatic imine (C=N–C) groups is 1. The van der Waals surface area contributed by atoms with Crippen molar-refractivity contribution in [1.82, 2.24) is 15.6 Å². The molecule has 0 aliphatic heterocycles. The van der Waals surface area contributed by atoms with Crippen LogP contribution >= 0.6 is 46.7 Å². The number of nitrogens with one attached hydrogen (secondary N) is 2. The molecule has 0 saturated carbocycles. The number of aromatic nitrogens is 1. The number of hydrogen-bond donors (Lipinski definition) is 2. The minimum Gasteiger partial charge on any atom is -0.357 e. The molecule has 0 saturated heterocycles. The Morgan fingerprint density at radius 2 is 2.20 bits per heavy atom. The third kappa shape index (κ3) is 5.76. The molecule has 0 unspecified atom stereocenters. The molecule has 2 aromatic rings. The first kappa shape index (κ1) is 17.4. The molecule has 2 N–H and O–H groups in total. The zero-order valence-corrected chi connectivity index (χ0v) is 15.5. The summed E-state index contributed by atoms with van der Waals surface area (Å²) < 4.78 is 0. The van der Waals surface area contributed by atoms with E-state index >= 15 is 0 Å². The van der Waals surface area contributed by atoms with Crippen LogP contribution < -0.4 is 10.6 Å². The van der Waals surface area contributed by atoms with Crippen LogP contribution in [0.15, 0.2) is 28.7 Å². The quantitative estimate of drug-likeness (QED) is 0.441. The molecule has 0 amide bonds. The fraction of sp³-hybridized carbons (Fsp3) is 0.385. The summed E-state index contributed by atoms with van der Waals surface area (Å²) in [5, 5.41) is 9.75. The molecule has 0 fully saturated rings. The number of hydrogen-bond acceptors (Lipinski definition) is 4. The molecule has 2 heterocycles. The number of thiophene rings is 1. The van der Waals surface area contributed by atoms with Gasteiger partial charge in [-0.2, -0.15) is 0 Å². The third-order valence-corrected chi connectivity index (χ3v) is 4.19. The van der Waals surface area contributed by atoms with Crippen molar-refractivity contribution in [3.05, 3.63) is 38.5 Å². The zero-order valence-electron chi connectivity index (χ0n) is 11.5. The van der Waals surface area contributed by atoms with Gasteiger partial charge in [-0.1, -0.05) is 6.07 Å². The first-order valence-corrected chi connectivity index (χ1v) is 7.93. The Balaban J connectivity index is 0.00000200. The minimum absolute atomic E-state index is 0. The predicted octanol–water partition coefficient (Wildman–Crippen LogP) is 3.39. The largest absolute Gasteiger partial charge is 0.357 e. The van der Waals surface area contributed by atoms with Crippen LogP contribution in [0.1, 0.15) is 21.7 Å². The van der Waals surface area contributed by atoms with Crippen molar-refractivity contribution < 1.29 is 0 Å². The molecule has 0 radical (unpaired) electrons. The number of guanidine groups is 1. The van der Waals surface area contributed by atoms with E-state index in [1.54, 1.807) is 22.7 Å². The van der Waals surface area contributed by atoms with Gasteiger partial charge in [-0.25, -0.2) is 9.98 Å². The lowest BCUT2D eigenvalue weighted by molar-refractivity contribution is 0.825. The molecule has 20 heavy (non-hydrogen) atoms. The Bertz CT molecular complexity index is 522. The van der Waals surface area contributed by atoms with Crippen molar-refractivity contribution in [1.29, 1.82) is 0 Å². The van der Waals surface area contributed by atoms with E-state index < -0.39 is 0 Å². The molecule has 4 nitrogen and oxygen atoms in total. The molecule has 7 heteroatoms. The molecule has 0 atom stereocenters. The highest BCUT2D eigenvalue weighted by atomic mass is 127. The summed E-state index contributed by atoms with van der Waals surface area (Å²) in [5.41, 5.74) is 0. The second-order valence-electron chi connectivity index (χ2n) is 3.97. The van der Waals surface area contributed by atoms with Gasteiger partial charge in [0.1, 0.15) is 0 Å². The van der Waals surface area contributed by atoms with E-state index in [0.29, 0.717) is 6.54 Å². The number of rotatable bonds is 5. The molecule has 0 aromatic carbocycles. The van der Waals surface area contributed by atoms with Crippen molar-refractivity contribution >= 4 is 52.6 Å². The number of nitrogens with zero attached hydrogens (tertiary/aromatic N) is 2. The number of halogens is 1. The van der Waals surface area contributed by atoms with Crippen molar-refractivity contribution in [2.75, 3.05) is 6.54 Å². The first-order valence-electron chi connectivity index (χ1n) is 6.24. The van der Waals surface area contributed by atoms with Gasteiger partial charge in [0.15, 0.2) is 5.96 Å². The smallest absolute Gasteiger partial charge is 0.191 e. The van der Waals surface area contributed by atoms with E-state index in [2.05, 4.69) is 45.0 Å². The van der Waals surface area contributed by atoms with E-state index in [0.717, 1.165) is 24.1 Å². The Kier molecular flexibility index (Phi) is 8.08. The topological polar surface area (TPSA) is 49.3 Å². The number of aryl methyl sites for hydroxylation is 1. The van der Waals surface area contributed by atoms with Crippen LogP contribution in [0.4, 0.5) is 0 Å². The summed E-state index contributed by atoms with van der Waals surface area (Å²) in [6, 6.07) is 4.18. The summed E-state index contributed by atoms with van der Waals surface area (Å²) >= 11 is 3.44. The maximum atomic E-state index is 4.57. The van der Waals surface area contributed by atoms with Gasteiger partial charge < -0.3 is 10.6 Å². The van der Waals surface area contributed by atoms with E-state index in [9.17, 15) is 0 Å². The second-order valence-corrected chi connectivity index (χ2v) is 6.33. The van der Waals surface area contributed by atoms with Crippen molar-refractivity contribution in [2.24, 2.45) is 4.99 Å². The molecule has 2 aromatic heterocycles. The van der Waals surface area contributed by atoms with Gasteiger partial charge in [0.05, 0.1) is 18.1 Å². The third-order valence-electron chi connectivity index (χ3n) is 2.42. The van der Waals surface area contributed by atoms with Gasteiger partial charge in [0, 0.05) is 22.5 Å². The average molecular weight is 422 g/mol. The van der Waals surface area contributed by atoms with Gasteiger partial charge in [-0.15, -0.1) is 46.7 Å². The summed E-state index contributed by atoms with van der Waals surface area (Å²) in [6.07, 6.45) is 1.90. The van der Waals surface area contributed by atoms with Crippen LogP contribution in [0.25, 0.3) is 0 Å². The number of thiazole rings is 1. The van der Waals surface area contributed by atoms with Gasteiger partial charge >= 0.3 is 0 Å². The molecule has 110 valence electrons. The van der Waals surface area contributed by atoms with Crippen LogP contribution in [-0.4, -0.2) is 17.5 Å². The van der Waals surface area contributed by atoms with E-state index in [4.69, 9.17) is 0 Å². The molecule has 0 aliphatic rings. The summed E-state index contributed by atoms with van der Waals surface area (Å²) in [6.45, 7) is 6.42. The Labute approximate surface area is 144 Å². The molecule has 0 aliphatic carbocycles. The maximum absolute atomic E-state index is 4.57. The van der Waals surface area contributed by atoms with Gasteiger partial charge in [0.2, 0.25) is 0 Å². The second kappa shape index (κ2) is 9.30. The van der Waals surface area contributed by atoms with Crippen LogP contribution in [-0.2, 0) is 13.1 Å². The summed E-state index contributed by atoms with van der Waals surface area (Å²) in [7, 11) is 0. The Morgan fingerprint density at radius 3 is 2.80 bits per heavy atom. The molecule has 0 spiro atoms. The maximum Gasteiger partial charge on any atom is 0.191 e. The monoisotopic (exact) mass is 422 g/mol. The van der Waals surface area contributed by atoms with Crippen LogP contribution in [0.2, 0.25) is 0 Å². The van der Waals surface area contributed by atoms with Crippen molar-refractivity contribution in [3.63, 3.8) is 0 Å². The highest BCUT2D eigenvalue weighted by molar-refractivity contribution is 14.0. The lowest BCUT2D eigenvalue weighted by Crippen LogP contribution is -2.36. The fourth-order valence-electron chi connectivity index (χ4n) is 1.56. The highest BCUT2D eigenvalue weighted by Gasteiger charge is 2.00. The predicted molar refractivity (Wildman–Crippen MR) is 98.2 cm³/mol. The fourth-order valence-corrected chi connectivity index (χ4v) is 2.93. The van der Waals surface area contributed by atoms with E-state index in [1.165, 1.54) is 9.75 Å². The van der Waals surface area contributed by atoms with Crippen molar-refractivity contribution in [3.8, 4) is 0 Å². The lowest BCUT2D eigenvalue weighted by Gasteiger charge is -2.09. The lowest BCUT2D eigenvalue weighted by atomic mass is 10.4. The first-order chi connectivity index (χ1) is 9.28. The Morgan fingerprint density at radius 1 is 1.35 bits per heavy atom. The van der Waals surface area contributed by atoms with Gasteiger partial charge in [-0.3, -0.25) is 0 Å². The average Bonchev–Trinajstić information content (AvgIpc) is 3.04. The zero-order chi connectivity index (χ0) is 13.5. The highest BCUT2D eigenvalue weighted by Crippen LogP contribution is 2.12. The molecular weight excluding hydrogens is 403 g/mol. The van der Waals surface area contributed by atoms with Gasteiger partial charge in [-0.05, 0) is 25.3 Å². The molecule has 0 bridgehead atoms. The van der Waals surface area contributed by atoms with Crippen molar-refractivity contribution in [2.45, 2.75) is 26.9 Å². The molecular formula is C13H19IN4S2. The van der Waals surface area contributed by atoms with Crippen LogP contribution in [0.3, 0.4) is 0 Å². The van der Waals surface area contributed by atoms with Crippen LogP contribution in [0, 0.1) is 6.92 Å². The summed E-state index contributed by atoms with van der Waals surface area (Å²) in [5.74, 6) is 0.849. The Hall–Kier alpha value is -0.670. The van der Waals surface area contributed by atoms with Crippen LogP contribution in [0.5, 0.6) is 0 Å². The van der Waals surface area contributed by atoms with E-state index in [-0.39, 0.29) is 24.0 Å². The van der Waals surface area contributed by atoms with Gasteiger partial charge in [0.25, 0.3) is 0 Å².